The van der Waals surface area contributed by atoms with Crippen molar-refractivity contribution >= 4 is 5.76 Å². The predicted octanol–water partition coefficient (Wildman–Crippen LogP) is 3.94. The number of diazo groups is 1. The molecule has 0 heterocycles. The summed E-state index contributed by atoms with van der Waals surface area (Å²) in [5.41, 5.74) is 1.26. The maximum atomic E-state index is 9.69. The van der Waals surface area contributed by atoms with E-state index in [-0.39, 0.29) is 5.76 Å². The molecule has 1 aromatic carbocycles. The third-order valence-electron chi connectivity index (χ3n) is 2.48. The molecule has 3 nitrogen and oxygen atoms in total. The second-order valence-corrected chi connectivity index (χ2v) is 3.89. The predicted molar refractivity (Wildman–Crippen MR) is 76.3 cm³/mol. The number of hydrogen-bond acceptors (Lipinski definition) is 2. The number of unbranched alkanes of at least 4 members (excludes halogenated alkanes) is 3. The van der Waals surface area contributed by atoms with Gasteiger partial charge in [0.05, 0.1) is 0 Å². The van der Waals surface area contributed by atoms with Gasteiger partial charge >= 0.3 is 6.20 Å². The van der Waals surface area contributed by atoms with Gasteiger partial charge in [-0.3, -0.25) is 0 Å². The van der Waals surface area contributed by atoms with Crippen molar-refractivity contribution in [2.45, 2.75) is 25.7 Å². The average molecular weight is 251 g/mol. The molecule has 3 heteroatoms. The van der Waals surface area contributed by atoms with Crippen LogP contribution in [0.15, 0.2) is 30.5 Å². The van der Waals surface area contributed by atoms with Crippen molar-refractivity contribution in [2.75, 3.05) is 0 Å². The van der Waals surface area contributed by atoms with E-state index in [1.54, 1.807) is 12.1 Å². The lowest BCUT2D eigenvalue weighted by molar-refractivity contribution is 0.511. The fourth-order valence-electron chi connectivity index (χ4n) is 1.54. The third-order valence-corrected chi connectivity index (χ3v) is 2.48. The molecule has 0 saturated heterocycles. The van der Waals surface area contributed by atoms with Crippen LogP contribution in [-0.2, 0) is 0 Å². The topological polar surface area (TPSA) is 48.4 Å². The van der Waals surface area contributed by atoms with E-state index in [2.05, 4.69) is 22.7 Å². The summed E-state index contributed by atoms with van der Waals surface area (Å²) in [6.07, 6.45) is 9.63. The molecule has 19 heavy (non-hydrogen) atoms. The van der Waals surface area contributed by atoms with Crippen LogP contribution in [0.2, 0.25) is 0 Å². The molecule has 0 bridgehead atoms. The van der Waals surface area contributed by atoms with Gasteiger partial charge in [0.2, 0.25) is 11.2 Å². The van der Waals surface area contributed by atoms with Gasteiger partial charge in [-0.05, 0) is 25.0 Å². The molecule has 1 aromatic rings. The SMILES string of the molecule is C#CCCCCC#Cc1ccccc1/C(O)=C/[N+]#N. The summed E-state index contributed by atoms with van der Waals surface area (Å²) < 4.78 is 0. The Kier molecular flexibility index (Phi) is 6.35. The molecule has 0 radical (unpaired) electrons. The number of hydrogen-bond donors (Lipinski definition) is 1. The summed E-state index contributed by atoms with van der Waals surface area (Å²) in [6.45, 7) is 0. The second-order valence-electron chi connectivity index (χ2n) is 3.89. The van der Waals surface area contributed by atoms with Crippen molar-refractivity contribution in [3.63, 3.8) is 0 Å². The molecule has 0 amide bonds. The van der Waals surface area contributed by atoms with Gasteiger partial charge in [0, 0.05) is 24.0 Å². The monoisotopic (exact) mass is 251 g/mol. The minimum atomic E-state index is -0.111. The molecule has 0 aliphatic rings. The van der Waals surface area contributed by atoms with Crippen LogP contribution in [0.25, 0.3) is 10.7 Å². The summed E-state index contributed by atoms with van der Waals surface area (Å²) in [5.74, 6) is 8.53. The average Bonchev–Trinajstić information content (AvgIpc) is 2.43. The molecule has 0 aliphatic carbocycles. The Morgan fingerprint density at radius 1 is 1.32 bits per heavy atom. The summed E-state index contributed by atoms with van der Waals surface area (Å²) in [7, 11) is 0. The van der Waals surface area contributed by atoms with Crippen LogP contribution < -0.4 is 0 Å². The minimum absolute atomic E-state index is 0.111. The number of aliphatic hydroxyl groups is 1. The fraction of sp³-hybridized carbons (Fsp3) is 0.250. The van der Waals surface area contributed by atoms with E-state index in [0.29, 0.717) is 11.1 Å². The Hall–Kier alpha value is -2.70. The highest BCUT2D eigenvalue weighted by molar-refractivity contribution is 5.66. The van der Waals surface area contributed by atoms with Crippen molar-refractivity contribution in [2.24, 2.45) is 0 Å². The van der Waals surface area contributed by atoms with Crippen molar-refractivity contribution in [3.05, 3.63) is 46.6 Å². The largest absolute Gasteiger partial charge is 0.501 e. The van der Waals surface area contributed by atoms with Gasteiger partial charge in [0.15, 0.2) is 4.98 Å². The van der Waals surface area contributed by atoms with Crippen LogP contribution in [0.5, 0.6) is 0 Å². The first-order chi connectivity index (χ1) is 9.29. The number of aliphatic hydroxyl groups excluding tert-OH is 1. The number of terminal acetylenes is 1. The van der Waals surface area contributed by atoms with Crippen molar-refractivity contribution in [3.8, 4) is 24.2 Å². The summed E-state index contributed by atoms with van der Waals surface area (Å²) in [4.78, 5) is 2.80. The van der Waals surface area contributed by atoms with E-state index in [1.165, 1.54) is 0 Å². The lowest BCUT2D eigenvalue weighted by atomic mass is 10.1. The third kappa shape index (κ3) is 4.99. The van der Waals surface area contributed by atoms with E-state index in [1.807, 2.05) is 12.1 Å². The Morgan fingerprint density at radius 2 is 2.05 bits per heavy atom. The first-order valence-corrected chi connectivity index (χ1v) is 6.04. The highest BCUT2D eigenvalue weighted by Crippen LogP contribution is 2.16. The summed E-state index contributed by atoms with van der Waals surface area (Å²) >= 11 is 0. The molecule has 1 N–H and O–H groups in total. The van der Waals surface area contributed by atoms with Crippen LogP contribution >= 0.6 is 0 Å². The van der Waals surface area contributed by atoms with E-state index in [0.717, 1.165) is 31.9 Å². The first-order valence-electron chi connectivity index (χ1n) is 6.04. The molecule has 0 saturated carbocycles. The summed E-state index contributed by atoms with van der Waals surface area (Å²) in [5, 5.41) is 18.1. The van der Waals surface area contributed by atoms with Gasteiger partial charge in [-0.2, -0.15) is 0 Å². The van der Waals surface area contributed by atoms with Crippen LogP contribution in [0.1, 0.15) is 36.8 Å². The molecule has 1 rings (SSSR count). The first kappa shape index (κ1) is 14.4. The van der Waals surface area contributed by atoms with Gasteiger partial charge in [0.1, 0.15) is 0 Å². The maximum Gasteiger partial charge on any atom is 0.392 e. The van der Waals surface area contributed by atoms with E-state index < -0.39 is 0 Å². The summed E-state index contributed by atoms with van der Waals surface area (Å²) in [6, 6.07) is 7.16. The van der Waals surface area contributed by atoms with Crippen LogP contribution in [0.4, 0.5) is 0 Å². The number of benzene rings is 1. The quantitative estimate of drug-likeness (QED) is 0.381. The van der Waals surface area contributed by atoms with Crippen LogP contribution in [0, 0.1) is 29.6 Å². The zero-order valence-corrected chi connectivity index (χ0v) is 10.6. The standard InChI is InChI=1S/C16H14N2O/c1-2-3-4-5-6-7-10-14-11-8-9-12-15(14)16(19)13-18-17/h1,8-9,11-13H,3-6H2/p+1/b16-13-. The molecule has 0 atom stereocenters. The van der Waals surface area contributed by atoms with Gasteiger partial charge < -0.3 is 5.11 Å². The van der Waals surface area contributed by atoms with E-state index in [4.69, 9.17) is 11.8 Å². The lowest BCUT2D eigenvalue weighted by Gasteiger charge is -1.99. The Balaban J connectivity index is 2.75. The van der Waals surface area contributed by atoms with E-state index >= 15 is 0 Å². The number of rotatable bonds is 4. The van der Waals surface area contributed by atoms with Crippen molar-refractivity contribution < 1.29 is 5.11 Å². The Labute approximate surface area is 113 Å². The molecule has 0 aromatic heterocycles. The molecular formula is C16H15N2O+. The van der Waals surface area contributed by atoms with Crippen LogP contribution in [-0.4, -0.2) is 5.11 Å². The molecular weight excluding hydrogens is 236 g/mol. The zero-order chi connectivity index (χ0) is 13.9. The number of nitrogens with zero attached hydrogens (tertiary/aromatic N) is 2. The van der Waals surface area contributed by atoms with Crippen molar-refractivity contribution in [1.29, 1.82) is 5.39 Å². The molecule has 0 aliphatic heterocycles. The zero-order valence-electron chi connectivity index (χ0n) is 10.6. The van der Waals surface area contributed by atoms with Crippen LogP contribution in [0.3, 0.4) is 0 Å². The van der Waals surface area contributed by atoms with Gasteiger partial charge in [0.25, 0.3) is 0 Å². The van der Waals surface area contributed by atoms with E-state index in [9.17, 15) is 5.11 Å². The maximum absolute atomic E-state index is 9.69. The van der Waals surface area contributed by atoms with Gasteiger partial charge in [-0.1, -0.05) is 24.0 Å². The normalized spacial score (nSPS) is 9.89. The molecule has 0 fully saturated rings. The smallest absolute Gasteiger partial charge is 0.392 e. The fourth-order valence-corrected chi connectivity index (χ4v) is 1.54. The van der Waals surface area contributed by atoms with Gasteiger partial charge in [-0.15, -0.1) is 12.3 Å². The highest BCUT2D eigenvalue weighted by Gasteiger charge is 2.07. The van der Waals surface area contributed by atoms with Gasteiger partial charge in [-0.25, -0.2) is 0 Å². The highest BCUT2D eigenvalue weighted by atomic mass is 16.3. The Morgan fingerprint density at radius 3 is 2.79 bits per heavy atom. The molecule has 94 valence electrons. The second kappa shape index (κ2) is 8.40. The minimum Gasteiger partial charge on any atom is -0.501 e. The Bertz CT molecular complexity index is 592. The molecule has 0 unspecified atom stereocenters. The van der Waals surface area contributed by atoms with Crippen molar-refractivity contribution in [1.82, 2.24) is 0 Å². The molecule has 0 spiro atoms. The lowest BCUT2D eigenvalue weighted by Crippen LogP contribution is -1.88.